The van der Waals surface area contributed by atoms with E-state index in [0.717, 1.165) is 29.3 Å². The molecule has 0 radical (unpaired) electrons. The molecule has 0 aliphatic carbocycles. The van der Waals surface area contributed by atoms with Crippen molar-refractivity contribution in [1.29, 1.82) is 0 Å². The molecule has 4 aromatic rings. The molecule has 1 aliphatic rings. The molecule has 0 spiro atoms. The Morgan fingerprint density at radius 1 is 0.933 bits per heavy atom. The van der Waals surface area contributed by atoms with E-state index in [1.165, 1.54) is 10.5 Å². The standard InChI is InChI=1S/C22H12Br2N2O2S2/c23-13-6-5-12(17(24)9-13)11-29-22-25-18-8-7-14(10-19(18)30-22)26-20(27)15-3-1-2-4-16(15)21(26)28/h1-10H,11H2. The summed E-state index contributed by atoms with van der Waals surface area (Å²) in [5, 5.41) is 0. The first-order chi connectivity index (χ1) is 14.5. The van der Waals surface area contributed by atoms with E-state index in [1.807, 2.05) is 24.3 Å². The second-order valence-corrected chi connectivity index (χ2v) is 10.7. The van der Waals surface area contributed by atoms with Crippen LogP contribution in [0.1, 0.15) is 26.3 Å². The number of anilines is 1. The van der Waals surface area contributed by atoms with Gasteiger partial charge >= 0.3 is 0 Å². The van der Waals surface area contributed by atoms with Crippen molar-refractivity contribution in [3.8, 4) is 0 Å². The van der Waals surface area contributed by atoms with Crippen LogP contribution in [0.5, 0.6) is 0 Å². The second kappa shape index (κ2) is 7.92. The summed E-state index contributed by atoms with van der Waals surface area (Å²) in [6.07, 6.45) is 0. The van der Waals surface area contributed by atoms with E-state index in [1.54, 1.807) is 53.4 Å². The lowest BCUT2D eigenvalue weighted by atomic mass is 10.1. The molecular weight excluding hydrogens is 548 g/mol. The van der Waals surface area contributed by atoms with E-state index in [4.69, 9.17) is 0 Å². The summed E-state index contributed by atoms with van der Waals surface area (Å²) in [6.45, 7) is 0. The Bertz CT molecular complexity index is 1300. The Morgan fingerprint density at radius 3 is 2.37 bits per heavy atom. The van der Waals surface area contributed by atoms with Gasteiger partial charge in [-0.25, -0.2) is 9.88 Å². The van der Waals surface area contributed by atoms with Crippen LogP contribution in [0.3, 0.4) is 0 Å². The number of imide groups is 1. The fourth-order valence-corrected chi connectivity index (χ4v) is 6.77. The van der Waals surface area contributed by atoms with Gasteiger partial charge in [-0.1, -0.05) is 61.8 Å². The van der Waals surface area contributed by atoms with Gasteiger partial charge in [0.1, 0.15) is 0 Å². The van der Waals surface area contributed by atoms with Crippen molar-refractivity contribution in [2.45, 2.75) is 10.1 Å². The lowest BCUT2D eigenvalue weighted by Gasteiger charge is -2.13. The van der Waals surface area contributed by atoms with Crippen molar-refractivity contribution in [1.82, 2.24) is 4.98 Å². The third kappa shape index (κ3) is 3.51. The highest BCUT2D eigenvalue weighted by Crippen LogP contribution is 2.36. The summed E-state index contributed by atoms with van der Waals surface area (Å²) in [5.74, 6) is 0.224. The first-order valence-electron chi connectivity index (χ1n) is 8.96. The van der Waals surface area contributed by atoms with Crippen LogP contribution >= 0.6 is 55.0 Å². The van der Waals surface area contributed by atoms with Crippen LogP contribution in [0.4, 0.5) is 5.69 Å². The number of carbonyl (C=O) groups excluding carboxylic acids is 2. The quantitative estimate of drug-likeness (QED) is 0.201. The molecular formula is C22H12Br2N2O2S2. The molecule has 0 saturated heterocycles. The molecule has 148 valence electrons. The third-order valence-electron chi connectivity index (χ3n) is 4.77. The molecule has 0 N–H and O–H groups in total. The molecule has 0 fully saturated rings. The highest BCUT2D eigenvalue weighted by Gasteiger charge is 2.36. The van der Waals surface area contributed by atoms with Gasteiger partial charge in [-0.3, -0.25) is 9.59 Å². The summed E-state index contributed by atoms with van der Waals surface area (Å²) in [7, 11) is 0. The summed E-state index contributed by atoms with van der Waals surface area (Å²) < 4.78 is 3.97. The van der Waals surface area contributed by atoms with Crippen LogP contribution in [0.25, 0.3) is 10.2 Å². The predicted molar refractivity (Wildman–Crippen MR) is 129 cm³/mol. The number of rotatable bonds is 4. The number of carbonyl (C=O) groups is 2. The van der Waals surface area contributed by atoms with Crippen LogP contribution in [-0.2, 0) is 5.75 Å². The molecule has 0 unspecified atom stereocenters. The number of thioether (sulfide) groups is 1. The summed E-state index contributed by atoms with van der Waals surface area (Å²) in [5.41, 5.74) is 3.52. The van der Waals surface area contributed by atoms with Crippen LogP contribution in [-0.4, -0.2) is 16.8 Å². The Balaban J connectivity index is 1.41. The van der Waals surface area contributed by atoms with E-state index >= 15 is 0 Å². The molecule has 2 heterocycles. The zero-order valence-corrected chi connectivity index (χ0v) is 20.1. The topological polar surface area (TPSA) is 50.3 Å². The summed E-state index contributed by atoms with van der Waals surface area (Å²) >= 11 is 10.3. The van der Waals surface area contributed by atoms with Crippen LogP contribution < -0.4 is 4.90 Å². The monoisotopic (exact) mass is 558 g/mol. The average molecular weight is 560 g/mol. The van der Waals surface area contributed by atoms with Crippen LogP contribution in [0.2, 0.25) is 0 Å². The number of thiazole rings is 1. The van der Waals surface area contributed by atoms with E-state index in [9.17, 15) is 9.59 Å². The molecule has 5 rings (SSSR count). The predicted octanol–water partition coefficient (Wildman–Crippen LogP) is 6.91. The van der Waals surface area contributed by atoms with Gasteiger partial charge in [-0.05, 0) is 48.0 Å². The lowest BCUT2D eigenvalue weighted by Crippen LogP contribution is -2.29. The molecule has 0 saturated carbocycles. The smallest absolute Gasteiger partial charge is 0.266 e. The van der Waals surface area contributed by atoms with Gasteiger partial charge in [0.2, 0.25) is 0 Å². The lowest BCUT2D eigenvalue weighted by molar-refractivity contribution is 0.0926. The first kappa shape index (κ1) is 19.9. The molecule has 0 atom stereocenters. The molecule has 3 aromatic carbocycles. The molecule has 2 amide bonds. The van der Waals surface area contributed by atoms with Crippen molar-refractivity contribution in [3.05, 3.63) is 86.3 Å². The van der Waals surface area contributed by atoms with Gasteiger partial charge in [0.05, 0.1) is 27.0 Å². The van der Waals surface area contributed by atoms with E-state index in [-0.39, 0.29) is 11.8 Å². The van der Waals surface area contributed by atoms with Crippen molar-refractivity contribution in [3.63, 3.8) is 0 Å². The molecule has 4 nitrogen and oxygen atoms in total. The number of amides is 2. The number of nitrogens with zero attached hydrogens (tertiary/aromatic N) is 2. The number of fused-ring (bicyclic) bond motifs is 2. The van der Waals surface area contributed by atoms with Gasteiger partial charge in [0.25, 0.3) is 11.8 Å². The minimum atomic E-state index is -0.283. The minimum Gasteiger partial charge on any atom is -0.268 e. The number of halogens is 2. The highest BCUT2D eigenvalue weighted by molar-refractivity contribution is 9.11. The fourth-order valence-electron chi connectivity index (χ4n) is 3.29. The van der Waals surface area contributed by atoms with Crippen LogP contribution in [0, 0.1) is 0 Å². The summed E-state index contributed by atoms with van der Waals surface area (Å²) in [6, 6.07) is 18.6. The molecule has 1 aliphatic heterocycles. The van der Waals surface area contributed by atoms with Gasteiger partial charge < -0.3 is 0 Å². The first-order valence-corrected chi connectivity index (χ1v) is 12.4. The largest absolute Gasteiger partial charge is 0.268 e. The molecule has 30 heavy (non-hydrogen) atoms. The van der Waals surface area contributed by atoms with E-state index in [0.29, 0.717) is 16.8 Å². The summed E-state index contributed by atoms with van der Waals surface area (Å²) in [4.78, 5) is 31.4. The molecule has 1 aromatic heterocycles. The zero-order valence-electron chi connectivity index (χ0n) is 15.3. The fraction of sp³-hybridized carbons (Fsp3) is 0.0455. The Kier molecular flexibility index (Phi) is 5.26. The highest BCUT2D eigenvalue weighted by atomic mass is 79.9. The Morgan fingerprint density at radius 2 is 1.67 bits per heavy atom. The van der Waals surface area contributed by atoms with E-state index in [2.05, 4.69) is 42.9 Å². The van der Waals surface area contributed by atoms with Crippen molar-refractivity contribution >= 4 is 82.7 Å². The van der Waals surface area contributed by atoms with Gasteiger partial charge in [0, 0.05) is 14.7 Å². The zero-order chi connectivity index (χ0) is 20.8. The Labute approximate surface area is 197 Å². The SMILES string of the molecule is O=C1c2ccccc2C(=O)N1c1ccc2nc(SCc3ccc(Br)cc3Br)sc2c1. The maximum Gasteiger partial charge on any atom is 0.266 e. The van der Waals surface area contributed by atoms with Crippen molar-refractivity contribution < 1.29 is 9.59 Å². The maximum absolute atomic E-state index is 12.7. The average Bonchev–Trinajstić information content (AvgIpc) is 3.25. The number of benzene rings is 3. The second-order valence-electron chi connectivity index (χ2n) is 6.65. The van der Waals surface area contributed by atoms with E-state index < -0.39 is 0 Å². The van der Waals surface area contributed by atoms with Gasteiger partial charge in [-0.15, -0.1) is 11.3 Å². The van der Waals surface area contributed by atoms with Gasteiger partial charge in [-0.2, -0.15) is 0 Å². The minimum absolute atomic E-state index is 0.283. The van der Waals surface area contributed by atoms with Crippen LogP contribution in [0.15, 0.2) is 73.9 Å². The molecule has 8 heteroatoms. The Hall–Kier alpha value is -2.00. The maximum atomic E-state index is 12.7. The number of aromatic nitrogens is 1. The van der Waals surface area contributed by atoms with Gasteiger partial charge in [0.15, 0.2) is 4.34 Å². The number of hydrogen-bond donors (Lipinski definition) is 0. The van der Waals surface area contributed by atoms with Crippen molar-refractivity contribution in [2.75, 3.05) is 4.90 Å². The molecule has 0 bridgehead atoms. The normalized spacial score (nSPS) is 13.3. The third-order valence-corrected chi connectivity index (χ3v) is 8.21. The number of hydrogen-bond acceptors (Lipinski definition) is 5. The van der Waals surface area contributed by atoms with Crippen molar-refractivity contribution in [2.24, 2.45) is 0 Å².